The third-order valence-corrected chi connectivity index (χ3v) is 5.67. The van der Waals surface area contributed by atoms with Crippen molar-refractivity contribution in [3.63, 3.8) is 0 Å². The molecule has 0 spiro atoms. The second-order valence-corrected chi connectivity index (χ2v) is 7.80. The maximum absolute atomic E-state index is 9.38. The second-order valence-electron chi connectivity index (χ2n) is 7.80. The minimum absolute atomic E-state index is 0.339. The minimum Gasteiger partial charge on any atom is -0.382 e. The number of hydrogen-bond donors (Lipinski definition) is 2. The molecule has 6 rings (SSSR count). The molecule has 6 aromatic rings. The van der Waals surface area contributed by atoms with Gasteiger partial charge in [0.15, 0.2) is 0 Å². The molecular weight excluding hydrogens is 426 g/mol. The van der Waals surface area contributed by atoms with Gasteiger partial charge in [0.25, 0.3) is 0 Å². The number of nitrogens with one attached hydrogen (secondary N) is 1. The van der Waals surface area contributed by atoms with Crippen LogP contribution in [0.25, 0.3) is 39.2 Å². The number of aromatic amines is 1. The van der Waals surface area contributed by atoms with Crippen LogP contribution >= 0.6 is 0 Å². The predicted octanol–water partition coefficient (Wildman–Crippen LogP) is 3.77. The van der Waals surface area contributed by atoms with Crippen molar-refractivity contribution in [3.05, 3.63) is 90.3 Å². The van der Waals surface area contributed by atoms with Crippen LogP contribution in [0.2, 0.25) is 0 Å². The van der Waals surface area contributed by atoms with Crippen LogP contribution in [0, 0.1) is 11.3 Å². The topological polar surface area (TPSA) is 134 Å². The van der Waals surface area contributed by atoms with E-state index in [9.17, 15) is 5.26 Å². The summed E-state index contributed by atoms with van der Waals surface area (Å²) in [5.41, 5.74) is 14.0. The Labute approximate surface area is 193 Å². The van der Waals surface area contributed by atoms with Crippen molar-refractivity contribution in [2.24, 2.45) is 0 Å². The summed E-state index contributed by atoms with van der Waals surface area (Å²) >= 11 is 0. The highest BCUT2D eigenvalue weighted by molar-refractivity contribution is 5.83. The summed E-state index contributed by atoms with van der Waals surface area (Å²) in [6.45, 7) is 0. The summed E-state index contributed by atoms with van der Waals surface area (Å²) in [4.78, 5) is 21.0. The van der Waals surface area contributed by atoms with Crippen LogP contribution in [-0.4, -0.2) is 34.5 Å². The molecule has 9 nitrogen and oxygen atoms in total. The van der Waals surface area contributed by atoms with Crippen LogP contribution in [0.5, 0.6) is 0 Å². The average Bonchev–Trinajstić information content (AvgIpc) is 3.49. The number of rotatable bonds is 4. The van der Waals surface area contributed by atoms with Crippen LogP contribution in [0.3, 0.4) is 0 Å². The Morgan fingerprint density at radius 1 is 1.06 bits per heavy atom. The molecule has 0 saturated carbocycles. The van der Waals surface area contributed by atoms with Crippen molar-refractivity contribution >= 4 is 22.4 Å². The maximum atomic E-state index is 9.38. The van der Waals surface area contributed by atoms with Crippen molar-refractivity contribution in [3.8, 4) is 28.7 Å². The second kappa shape index (κ2) is 7.79. The van der Waals surface area contributed by atoms with Gasteiger partial charge in [0.1, 0.15) is 29.0 Å². The number of nitrogens with two attached hydrogens (primary N) is 1. The van der Waals surface area contributed by atoms with Crippen LogP contribution < -0.4 is 5.73 Å². The molecule has 0 fully saturated rings. The lowest BCUT2D eigenvalue weighted by Gasteiger charge is -2.12. The predicted molar refractivity (Wildman–Crippen MR) is 127 cm³/mol. The van der Waals surface area contributed by atoms with E-state index < -0.39 is 0 Å². The van der Waals surface area contributed by atoms with E-state index in [1.807, 2.05) is 36.5 Å². The molecule has 0 radical (unpaired) electrons. The molecule has 162 valence electrons. The smallest absolute Gasteiger partial charge is 0.150 e. The number of aromatic nitrogens is 7. The van der Waals surface area contributed by atoms with E-state index in [2.05, 4.69) is 26.0 Å². The molecule has 0 saturated heterocycles. The van der Waals surface area contributed by atoms with Gasteiger partial charge in [-0.1, -0.05) is 12.1 Å². The molecular formula is C25H17N9. The Kier molecular flexibility index (Phi) is 4.49. The van der Waals surface area contributed by atoms with Gasteiger partial charge in [-0.25, -0.2) is 19.5 Å². The van der Waals surface area contributed by atoms with Gasteiger partial charge in [0, 0.05) is 36.1 Å². The number of nitrogens with zero attached hydrogens (tertiary/aromatic N) is 7. The molecule has 0 aliphatic rings. The first-order chi connectivity index (χ1) is 16.7. The Morgan fingerprint density at radius 3 is 2.85 bits per heavy atom. The average molecular weight is 443 g/mol. The van der Waals surface area contributed by atoms with Crippen molar-refractivity contribution in [1.29, 1.82) is 5.26 Å². The van der Waals surface area contributed by atoms with Crippen LogP contribution in [0.4, 0.5) is 5.82 Å². The third-order valence-electron chi connectivity index (χ3n) is 5.67. The number of pyridine rings is 1. The van der Waals surface area contributed by atoms with E-state index in [0.717, 1.165) is 27.9 Å². The molecule has 1 aromatic carbocycles. The number of nitriles is 1. The first-order valence-corrected chi connectivity index (χ1v) is 10.6. The molecule has 0 amide bonds. The molecule has 0 aliphatic carbocycles. The van der Waals surface area contributed by atoms with Crippen molar-refractivity contribution in [2.75, 3.05) is 5.73 Å². The Morgan fingerprint density at radius 2 is 2.00 bits per heavy atom. The number of nitrogen functional groups attached to an aromatic ring is 1. The van der Waals surface area contributed by atoms with E-state index in [-0.39, 0.29) is 0 Å². The number of H-pyrrole nitrogens is 1. The van der Waals surface area contributed by atoms with Gasteiger partial charge in [0.05, 0.1) is 34.1 Å². The van der Waals surface area contributed by atoms with Gasteiger partial charge in [-0.3, -0.25) is 4.98 Å². The standard InChI is InChI=1S/C25H17N9/c26-12-15-3-1-4-16(9-15)23-24(20-6-8-28-14-31-20)34-21(25(27)32-23)11-18(33-34)10-17-13-30-19-5-2-7-29-22(17)19/h1-9,11,13-14,30H,10H2,(H2,27,32). The van der Waals surface area contributed by atoms with Gasteiger partial charge in [-0.05, 0) is 36.4 Å². The van der Waals surface area contributed by atoms with E-state index >= 15 is 0 Å². The fraction of sp³-hybridized carbons (Fsp3) is 0.0400. The SMILES string of the molecule is N#Cc1cccc(-c2nc(N)c3cc(Cc4c[nH]c5cccnc45)nn3c2-c2ccncn2)c1. The number of fused-ring (bicyclic) bond motifs is 2. The molecule has 9 heteroatoms. The molecule has 0 aliphatic heterocycles. The Hall–Kier alpha value is -5.10. The summed E-state index contributed by atoms with van der Waals surface area (Å²) in [5.74, 6) is 0.339. The molecule has 5 heterocycles. The summed E-state index contributed by atoms with van der Waals surface area (Å²) in [6.07, 6.45) is 7.45. The summed E-state index contributed by atoms with van der Waals surface area (Å²) in [7, 11) is 0. The lowest BCUT2D eigenvalue weighted by molar-refractivity contribution is 0.906. The zero-order valence-electron chi connectivity index (χ0n) is 17.8. The zero-order valence-corrected chi connectivity index (χ0v) is 17.8. The summed E-state index contributed by atoms with van der Waals surface area (Å²) < 4.78 is 1.77. The molecule has 5 aromatic heterocycles. The molecule has 0 bridgehead atoms. The van der Waals surface area contributed by atoms with Crippen LogP contribution in [0.15, 0.2) is 73.4 Å². The first-order valence-electron chi connectivity index (χ1n) is 10.6. The Bertz CT molecular complexity index is 1710. The molecule has 0 atom stereocenters. The highest BCUT2D eigenvalue weighted by Crippen LogP contribution is 2.33. The lowest BCUT2D eigenvalue weighted by atomic mass is 10.0. The normalized spacial score (nSPS) is 11.1. The van der Waals surface area contributed by atoms with E-state index in [4.69, 9.17) is 15.8 Å². The van der Waals surface area contributed by atoms with Gasteiger partial charge in [-0.15, -0.1) is 0 Å². The largest absolute Gasteiger partial charge is 0.382 e. The Balaban J connectivity index is 1.57. The summed E-state index contributed by atoms with van der Waals surface area (Å²) in [6, 6.07) is 17.0. The van der Waals surface area contributed by atoms with Crippen molar-refractivity contribution in [2.45, 2.75) is 6.42 Å². The van der Waals surface area contributed by atoms with Gasteiger partial charge in [0.2, 0.25) is 0 Å². The molecule has 3 N–H and O–H groups in total. The van der Waals surface area contributed by atoms with Gasteiger partial charge < -0.3 is 10.7 Å². The highest BCUT2D eigenvalue weighted by Gasteiger charge is 2.20. The van der Waals surface area contributed by atoms with Crippen LogP contribution in [0.1, 0.15) is 16.8 Å². The highest BCUT2D eigenvalue weighted by atomic mass is 15.3. The van der Waals surface area contributed by atoms with Crippen LogP contribution in [-0.2, 0) is 6.42 Å². The van der Waals surface area contributed by atoms with Crippen molar-refractivity contribution in [1.82, 2.24) is 34.5 Å². The van der Waals surface area contributed by atoms with E-state index in [1.165, 1.54) is 6.33 Å². The van der Waals surface area contributed by atoms with Gasteiger partial charge in [-0.2, -0.15) is 10.4 Å². The number of benzene rings is 1. The zero-order chi connectivity index (χ0) is 23.1. The first kappa shape index (κ1) is 19.6. The fourth-order valence-corrected chi connectivity index (χ4v) is 4.14. The minimum atomic E-state index is 0.339. The van der Waals surface area contributed by atoms with Crippen molar-refractivity contribution < 1.29 is 0 Å². The van der Waals surface area contributed by atoms with E-state index in [0.29, 0.717) is 40.4 Å². The number of anilines is 1. The quantitative estimate of drug-likeness (QED) is 0.423. The lowest BCUT2D eigenvalue weighted by Crippen LogP contribution is -2.06. The fourth-order valence-electron chi connectivity index (χ4n) is 4.14. The summed E-state index contributed by atoms with van der Waals surface area (Å²) in [5, 5.41) is 14.3. The monoisotopic (exact) mass is 443 g/mol. The number of hydrogen-bond acceptors (Lipinski definition) is 7. The van der Waals surface area contributed by atoms with E-state index in [1.54, 1.807) is 35.1 Å². The molecule has 0 unspecified atom stereocenters. The molecule has 34 heavy (non-hydrogen) atoms. The maximum Gasteiger partial charge on any atom is 0.150 e. The third kappa shape index (κ3) is 3.22. The van der Waals surface area contributed by atoms with Gasteiger partial charge >= 0.3 is 0 Å².